The van der Waals surface area contributed by atoms with Crippen LogP contribution in [-0.4, -0.2) is 36.8 Å². The minimum atomic E-state index is -4.83. The van der Waals surface area contributed by atoms with E-state index in [1.165, 1.54) is 0 Å². The molecule has 0 radical (unpaired) electrons. The Balaban J connectivity index is 0. The van der Waals surface area contributed by atoms with E-state index in [0.29, 0.717) is 0 Å². The maximum atomic E-state index is 11.7. The van der Waals surface area contributed by atoms with Crippen molar-refractivity contribution in [3.8, 4) is 0 Å². The van der Waals surface area contributed by atoms with Crippen molar-refractivity contribution in [2.45, 2.75) is 64.0 Å². The summed E-state index contributed by atoms with van der Waals surface area (Å²) >= 11 is 0. The molecule has 0 aliphatic heterocycles. The van der Waals surface area contributed by atoms with Crippen LogP contribution in [0.3, 0.4) is 0 Å². The third-order valence-electron chi connectivity index (χ3n) is 3.48. The van der Waals surface area contributed by atoms with E-state index in [1.807, 2.05) is 6.92 Å². The van der Waals surface area contributed by atoms with Crippen LogP contribution in [0.2, 0.25) is 0 Å². The van der Waals surface area contributed by atoms with Crippen LogP contribution >= 0.6 is 0 Å². The zero-order valence-electron chi connectivity index (χ0n) is 14.1. The Morgan fingerprint density at radius 3 is 2.22 bits per heavy atom. The Labute approximate surface area is 160 Å². The molecule has 23 heavy (non-hydrogen) atoms. The second-order valence-corrected chi connectivity index (χ2v) is 6.93. The number of hydrogen-bond donors (Lipinski definition) is 1. The number of rotatable bonds is 12. The zero-order chi connectivity index (χ0) is 17.2. The fourth-order valence-electron chi connectivity index (χ4n) is 2.02. The minimum absolute atomic E-state index is 0. The van der Waals surface area contributed by atoms with Crippen molar-refractivity contribution in [3.63, 3.8) is 0 Å². The fourth-order valence-corrected chi connectivity index (χ4v) is 2.68. The maximum Gasteiger partial charge on any atom is 1.00 e. The Kier molecular flexibility index (Phi) is 14.4. The zero-order valence-corrected chi connectivity index (χ0v) is 16.9. The van der Waals surface area contributed by atoms with Gasteiger partial charge >= 0.3 is 35.5 Å². The van der Waals surface area contributed by atoms with Gasteiger partial charge in [-0.25, -0.2) is 0 Å². The fraction of sp³-hybridized carbons (Fsp3) is 0.857. The van der Waals surface area contributed by atoms with Crippen molar-refractivity contribution in [3.05, 3.63) is 0 Å². The number of unbranched alkanes of at least 4 members (excludes halogenated alkanes) is 3. The van der Waals surface area contributed by atoms with Gasteiger partial charge in [-0.1, -0.05) is 46.0 Å². The van der Waals surface area contributed by atoms with E-state index >= 15 is 0 Å². The minimum Gasteiger partial charge on any atom is -0.550 e. The van der Waals surface area contributed by atoms with Crippen LogP contribution in [0.5, 0.6) is 0 Å². The van der Waals surface area contributed by atoms with E-state index in [-0.39, 0.29) is 42.1 Å². The summed E-state index contributed by atoms with van der Waals surface area (Å²) in [5, 5.41) is 8.33. The first kappa shape index (κ1) is 25.1. The number of hydrogen-bond acceptors (Lipinski definition) is 6. The van der Waals surface area contributed by atoms with Crippen LogP contribution in [0.15, 0.2) is 0 Å². The number of carbonyl (C=O) groups is 2. The van der Waals surface area contributed by atoms with E-state index < -0.39 is 33.7 Å². The molecule has 0 fully saturated rings. The molecule has 0 aromatic rings. The van der Waals surface area contributed by atoms with Gasteiger partial charge in [0.05, 0.1) is 6.61 Å². The van der Waals surface area contributed by atoms with E-state index in [0.717, 1.165) is 38.5 Å². The van der Waals surface area contributed by atoms with Gasteiger partial charge in [0.2, 0.25) is 0 Å². The molecule has 1 N–H and O–H groups in total. The first-order valence-electron chi connectivity index (χ1n) is 7.55. The topological polar surface area (TPSA) is 121 Å². The largest absolute Gasteiger partial charge is 1.00 e. The van der Waals surface area contributed by atoms with Gasteiger partial charge in [-0.05, 0) is 12.3 Å². The third-order valence-corrected chi connectivity index (χ3v) is 4.56. The van der Waals surface area contributed by atoms with Crippen molar-refractivity contribution in [2.24, 2.45) is 5.92 Å². The summed E-state index contributed by atoms with van der Waals surface area (Å²) < 4.78 is 35.8. The molecule has 0 aromatic heterocycles. The van der Waals surface area contributed by atoms with Crippen LogP contribution in [0.1, 0.15) is 58.8 Å². The van der Waals surface area contributed by atoms with Crippen LogP contribution in [0.4, 0.5) is 0 Å². The molecular weight excluding hydrogens is 335 g/mol. The number of carbonyl (C=O) groups excluding carboxylic acids is 2. The van der Waals surface area contributed by atoms with Crippen molar-refractivity contribution in [2.75, 3.05) is 6.61 Å². The predicted molar refractivity (Wildman–Crippen MR) is 78.5 cm³/mol. The summed E-state index contributed by atoms with van der Waals surface area (Å²) in [5.41, 5.74) is 0. The summed E-state index contributed by atoms with van der Waals surface area (Å²) in [6, 6.07) is 0. The second-order valence-electron chi connectivity index (χ2n) is 5.33. The van der Waals surface area contributed by atoms with Gasteiger partial charge in [0, 0.05) is 12.4 Å². The Hall–Kier alpha value is -0.150. The summed E-state index contributed by atoms with van der Waals surface area (Å²) in [5.74, 6) is -2.91. The third kappa shape index (κ3) is 11.9. The maximum absolute atomic E-state index is 11.7. The number of carboxylic acid groups (broad SMARTS) is 1. The molecule has 0 rings (SSSR count). The van der Waals surface area contributed by atoms with Crippen LogP contribution in [0, 0.1) is 5.92 Å². The van der Waals surface area contributed by atoms with E-state index in [4.69, 9.17) is 9.29 Å². The summed E-state index contributed by atoms with van der Waals surface area (Å²) in [6.45, 7) is 4.05. The molecule has 0 amide bonds. The predicted octanol–water partition coefficient (Wildman–Crippen LogP) is -2.07. The van der Waals surface area contributed by atoms with Crippen LogP contribution < -0.4 is 34.7 Å². The van der Waals surface area contributed by atoms with Gasteiger partial charge in [-0.15, -0.1) is 0 Å². The van der Waals surface area contributed by atoms with Crippen molar-refractivity contribution < 1.29 is 62.0 Å². The van der Waals surface area contributed by atoms with Crippen LogP contribution in [-0.2, 0) is 24.4 Å². The van der Waals surface area contributed by atoms with Gasteiger partial charge in [0.25, 0.3) is 10.1 Å². The molecule has 0 bridgehead atoms. The Morgan fingerprint density at radius 2 is 1.78 bits per heavy atom. The first-order valence-corrected chi connectivity index (χ1v) is 9.05. The first-order chi connectivity index (χ1) is 10.2. The average Bonchev–Trinajstić information content (AvgIpc) is 2.42. The quantitative estimate of drug-likeness (QED) is 0.184. The summed E-state index contributed by atoms with van der Waals surface area (Å²) in [4.78, 5) is 22.1. The molecule has 0 aliphatic rings. The van der Waals surface area contributed by atoms with E-state index in [9.17, 15) is 23.1 Å². The van der Waals surface area contributed by atoms with Crippen molar-refractivity contribution >= 4 is 22.1 Å². The molecule has 0 saturated heterocycles. The Bertz CT molecular complexity index is 450. The number of esters is 1. The molecule has 0 aromatic carbocycles. The van der Waals surface area contributed by atoms with Crippen LogP contribution in [0.25, 0.3) is 0 Å². The summed E-state index contributed by atoms with van der Waals surface area (Å²) in [6.07, 6.45) is 4.81. The van der Waals surface area contributed by atoms with Gasteiger partial charge in [-0.2, -0.15) is 8.42 Å². The standard InChI is InChI=1S/C14H26O7S.Na/c1-3-5-6-7-8-11(4-2)10-21-14(17)12(9-13(15)16)22(18,19)20;/h11-12H,3-10H2,1-2H3,(H,15,16)(H,18,19,20);/q;+1/p-1. The van der Waals surface area contributed by atoms with Gasteiger partial charge in [0.1, 0.15) is 0 Å². The molecule has 0 saturated carbocycles. The summed E-state index contributed by atoms with van der Waals surface area (Å²) in [7, 11) is -4.83. The van der Waals surface area contributed by atoms with Crippen molar-refractivity contribution in [1.82, 2.24) is 0 Å². The van der Waals surface area contributed by atoms with E-state index in [1.54, 1.807) is 0 Å². The monoisotopic (exact) mass is 360 g/mol. The molecule has 0 spiro atoms. The normalized spacial score (nSPS) is 13.7. The van der Waals surface area contributed by atoms with E-state index in [2.05, 4.69) is 6.92 Å². The second kappa shape index (κ2) is 13.2. The van der Waals surface area contributed by atoms with Gasteiger partial charge in [-0.3, -0.25) is 9.35 Å². The molecule has 7 nitrogen and oxygen atoms in total. The molecule has 2 atom stereocenters. The SMILES string of the molecule is CCCCCCC(CC)COC(=O)C(CC(=O)[O-])S(=O)(=O)O.[Na+]. The molecule has 130 valence electrons. The molecule has 0 heterocycles. The Morgan fingerprint density at radius 1 is 1.17 bits per heavy atom. The number of aliphatic carboxylic acids is 1. The molecule has 2 unspecified atom stereocenters. The molecule has 0 aliphatic carbocycles. The smallest absolute Gasteiger partial charge is 0.550 e. The van der Waals surface area contributed by atoms with Crippen molar-refractivity contribution in [1.29, 1.82) is 0 Å². The average molecular weight is 360 g/mol. The van der Waals surface area contributed by atoms with Gasteiger partial charge < -0.3 is 14.6 Å². The molecular formula is C14H25NaO7S. The van der Waals surface area contributed by atoms with Gasteiger partial charge in [0.15, 0.2) is 5.25 Å². The number of ether oxygens (including phenoxy) is 1. The molecule has 9 heteroatoms. The number of carboxylic acids is 1.